The maximum Gasteiger partial charge on any atom is 0.269 e. The van der Waals surface area contributed by atoms with Gasteiger partial charge in [-0.3, -0.25) is 14.9 Å². The molecule has 2 heterocycles. The molecule has 0 N–H and O–H groups in total. The number of non-ortho nitro benzene ring substituents is 1. The van der Waals surface area contributed by atoms with Gasteiger partial charge in [0, 0.05) is 50.2 Å². The van der Waals surface area contributed by atoms with Crippen molar-refractivity contribution in [3.8, 4) is 11.6 Å². The van der Waals surface area contributed by atoms with Crippen LogP contribution in [0.15, 0.2) is 72.9 Å². The van der Waals surface area contributed by atoms with E-state index in [1.165, 1.54) is 12.1 Å². The Kier molecular flexibility index (Phi) is 5.56. The summed E-state index contributed by atoms with van der Waals surface area (Å²) in [6, 6.07) is 19.1. The maximum absolute atomic E-state index is 13.1. The molecule has 8 nitrogen and oxygen atoms in total. The average Bonchev–Trinajstić information content (AvgIpc) is 2.80. The second kappa shape index (κ2) is 8.60. The fourth-order valence-electron chi connectivity index (χ4n) is 3.36. The smallest absolute Gasteiger partial charge is 0.269 e. The topological polar surface area (TPSA) is 88.8 Å². The largest absolute Gasteiger partial charge is 0.438 e. The number of pyridine rings is 1. The van der Waals surface area contributed by atoms with Crippen molar-refractivity contribution < 1.29 is 14.5 Å². The first kappa shape index (κ1) is 19.4. The summed E-state index contributed by atoms with van der Waals surface area (Å²) >= 11 is 0. The van der Waals surface area contributed by atoms with Gasteiger partial charge in [0.05, 0.1) is 4.92 Å². The molecule has 1 saturated heterocycles. The van der Waals surface area contributed by atoms with E-state index in [9.17, 15) is 14.9 Å². The molecule has 0 atom stereocenters. The summed E-state index contributed by atoms with van der Waals surface area (Å²) in [6.45, 7) is 2.35. The van der Waals surface area contributed by atoms with Gasteiger partial charge in [-0.05, 0) is 36.4 Å². The Morgan fingerprint density at radius 2 is 1.63 bits per heavy atom. The summed E-state index contributed by atoms with van der Waals surface area (Å²) in [5.41, 5.74) is 1.39. The lowest BCUT2D eigenvalue weighted by Crippen LogP contribution is -2.48. The highest BCUT2D eigenvalue weighted by molar-refractivity contribution is 5.96. The minimum atomic E-state index is -0.413. The van der Waals surface area contributed by atoms with E-state index in [-0.39, 0.29) is 17.5 Å². The minimum Gasteiger partial charge on any atom is -0.438 e. The third-order valence-corrected chi connectivity index (χ3v) is 4.95. The van der Waals surface area contributed by atoms with E-state index < -0.39 is 4.92 Å². The zero-order valence-electron chi connectivity index (χ0n) is 16.2. The van der Waals surface area contributed by atoms with Gasteiger partial charge < -0.3 is 14.5 Å². The van der Waals surface area contributed by atoms with Crippen molar-refractivity contribution in [1.29, 1.82) is 0 Å². The third-order valence-electron chi connectivity index (χ3n) is 4.95. The second-order valence-corrected chi connectivity index (χ2v) is 6.82. The van der Waals surface area contributed by atoms with E-state index in [1.54, 1.807) is 35.4 Å². The number of hydrogen-bond donors (Lipinski definition) is 0. The fourth-order valence-corrected chi connectivity index (χ4v) is 3.36. The summed E-state index contributed by atoms with van der Waals surface area (Å²) in [6.07, 6.45) is 1.60. The van der Waals surface area contributed by atoms with Crippen LogP contribution in [0, 0.1) is 10.1 Å². The number of piperazine rings is 1. The van der Waals surface area contributed by atoms with E-state index in [1.807, 2.05) is 30.3 Å². The number of carbonyl (C=O) groups excluding carboxylic acids is 1. The third kappa shape index (κ3) is 4.22. The van der Waals surface area contributed by atoms with Crippen molar-refractivity contribution in [2.45, 2.75) is 0 Å². The van der Waals surface area contributed by atoms with E-state index in [4.69, 9.17) is 4.74 Å². The molecule has 2 aromatic carbocycles. The van der Waals surface area contributed by atoms with E-state index >= 15 is 0 Å². The molecule has 0 bridgehead atoms. The maximum atomic E-state index is 13.1. The van der Waals surface area contributed by atoms with Crippen LogP contribution < -0.4 is 9.64 Å². The van der Waals surface area contributed by atoms with Crippen LogP contribution in [0.1, 0.15) is 10.4 Å². The van der Waals surface area contributed by atoms with Crippen molar-refractivity contribution in [1.82, 2.24) is 9.88 Å². The van der Waals surface area contributed by atoms with E-state index in [2.05, 4.69) is 9.88 Å². The Labute approximate surface area is 173 Å². The Balaban J connectivity index is 1.43. The number of rotatable bonds is 5. The van der Waals surface area contributed by atoms with Crippen molar-refractivity contribution >= 4 is 17.3 Å². The first-order valence-electron chi connectivity index (χ1n) is 9.58. The lowest BCUT2D eigenvalue weighted by Gasteiger charge is -2.36. The highest BCUT2D eigenvalue weighted by atomic mass is 16.6. The number of amides is 1. The van der Waals surface area contributed by atoms with E-state index in [0.717, 1.165) is 5.69 Å². The Hall–Kier alpha value is -3.94. The molecule has 1 amide bonds. The summed E-state index contributed by atoms with van der Waals surface area (Å²) in [5, 5.41) is 10.8. The summed E-state index contributed by atoms with van der Waals surface area (Å²) in [7, 11) is 0. The first-order valence-corrected chi connectivity index (χ1v) is 9.58. The number of para-hydroxylation sites is 1. The number of nitro groups is 1. The molecule has 4 rings (SSSR count). The SMILES string of the molecule is O=C(c1cccnc1Oc1ccccc1)N1CCN(c2ccc([N+](=O)[O-])cc2)CC1. The van der Waals surface area contributed by atoms with Crippen LogP contribution in [-0.4, -0.2) is 46.9 Å². The molecule has 1 aromatic heterocycles. The van der Waals surface area contributed by atoms with Gasteiger partial charge in [-0.25, -0.2) is 4.98 Å². The summed E-state index contributed by atoms with van der Waals surface area (Å²) in [4.78, 5) is 31.6. The average molecular weight is 404 g/mol. The molecule has 3 aromatic rings. The van der Waals surface area contributed by atoms with Crippen LogP contribution in [0.5, 0.6) is 11.6 Å². The van der Waals surface area contributed by atoms with Gasteiger partial charge >= 0.3 is 0 Å². The molecule has 0 aliphatic carbocycles. The molecular weight excluding hydrogens is 384 g/mol. The molecule has 0 saturated carbocycles. The molecule has 0 spiro atoms. The molecule has 1 aliphatic rings. The van der Waals surface area contributed by atoms with Gasteiger partial charge in [0.2, 0.25) is 5.88 Å². The van der Waals surface area contributed by atoms with Crippen molar-refractivity contribution in [2.24, 2.45) is 0 Å². The van der Waals surface area contributed by atoms with Gasteiger partial charge in [-0.1, -0.05) is 18.2 Å². The first-order chi connectivity index (χ1) is 14.6. The zero-order valence-corrected chi connectivity index (χ0v) is 16.2. The number of carbonyl (C=O) groups is 1. The number of nitro benzene ring substituents is 1. The number of hydrogen-bond acceptors (Lipinski definition) is 6. The monoisotopic (exact) mass is 404 g/mol. The standard InChI is InChI=1S/C22H20N4O4/c27-22(20-7-4-12-23-21(20)30-19-5-2-1-3-6-19)25-15-13-24(14-16-25)17-8-10-18(11-9-17)26(28)29/h1-12H,13-16H2. The fraction of sp³-hybridized carbons (Fsp3) is 0.182. The quantitative estimate of drug-likeness (QED) is 0.475. The minimum absolute atomic E-state index is 0.0649. The molecule has 152 valence electrons. The molecule has 8 heteroatoms. The lowest BCUT2D eigenvalue weighted by molar-refractivity contribution is -0.384. The number of anilines is 1. The highest BCUT2D eigenvalue weighted by Gasteiger charge is 2.25. The van der Waals surface area contributed by atoms with Crippen molar-refractivity contribution in [2.75, 3.05) is 31.1 Å². The van der Waals surface area contributed by atoms with Gasteiger partial charge in [-0.15, -0.1) is 0 Å². The number of aromatic nitrogens is 1. The molecule has 0 unspecified atom stereocenters. The zero-order chi connectivity index (χ0) is 20.9. The Bertz CT molecular complexity index is 1030. The molecule has 1 aliphatic heterocycles. The number of benzene rings is 2. The summed E-state index contributed by atoms with van der Waals surface area (Å²) in [5.74, 6) is 0.775. The van der Waals surface area contributed by atoms with Crippen LogP contribution >= 0.6 is 0 Å². The van der Waals surface area contributed by atoms with Crippen LogP contribution in [0.25, 0.3) is 0 Å². The van der Waals surface area contributed by atoms with Crippen molar-refractivity contribution in [3.05, 3.63) is 88.6 Å². The Morgan fingerprint density at radius 3 is 2.30 bits per heavy atom. The highest BCUT2D eigenvalue weighted by Crippen LogP contribution is 2.25. The van der Waals surface area contributed by atoms with Gasteiger partial charge in [-0.2, -0.15) is 0 Å². The van der Waals surface area contributed by atoms with Crippen LogP contribution in [0.3, 0.4) is 0 Å². The van der Waals surface area contributed by atoms with Crippen LogP contribution in [-0.2, 0) is 0 Å². The molecular formula is C22H20N4O4. The normalized spacial score (nSPS) is 13.7. The lowest BCUT2D eigenvalue weighted by atomic mass is 10.2. The molecule has 0 radical (unpaired) electrons. The van der Waals surface area contributed by atoms with Gasteiger partial charge in [0.1, 0.15) is 11.3 Å². The number of nitrogens with zero attached hydrogens (tertiary/aromatic N) is 4. The predicted molar refractivity (Wildman–Crippen MR) is 112 cm³/mol. The van der Waals surface area contributed by atoms with Gasteiger partial charge in [0.15, 0.2) is 0 Å². The summed E-state index contributed by atoms with van der Waals surface area (Å²) < 4.78 is 5.82. The van der Waals surface area contributed by atoms with Crippen LogP contribution in [0.4, 0.5) is 11.4 Å². The molecule has 30 heavy (non-hydrogen) atoms. The predicted octanol–water partition coefficient (Wildman–Crippen LogP) is 3.74. The van der Waals surface area contributed by atoms with Crippen molar-refractivity contribution in [3.63, 3.8) is 0 Å². The van der Waals surface area contributed by atoms with Gasteiger partial charge in [0.25, 0.3) is 11.6 Å². The van der Waals surface area contributed by atoms with E-state index in [0.29, 0.717) is 37.5 Å². The Morgan fingerprint density at radius 1 is 0.933 bits per heavy atom. The van der Waals surface area contributed by atoms with Crippen LogP contribution in [0.2, 0.25) is 0 Å². The second-order valence-electron chi connectivity index (χ2n) is 6.82. The number of ether oxygens (including phenoxy) is 1. The molecule has 1 fully saturated rings.